The summed E-state index contributed by atoms with van der Waals surface area (Å²) in [5, 5.41) is 7.41. The van der Waals surface area contributed by atoms with Gasteiger partial charge in [-0.1, -0.05) is 30.7 Å². The molecule has 0 bridgehead atoms. The van der Waals surface area contributed by atoms with Gasteiger partial charge >= 0.3 is 0 Å². The zero-order valence-corrected chi connectivity index (χ0v) is 13.2. The third kappa shape index (κ3) is 3.24. The molecule has 2 N–H and O–H groups in total. The zero-order chi connectivity index (χ0) is 14.9. The van der Waals surface area contributed by atoms with Crippen molar-refractivity contribution in [1.29, 1.82) is 0 Å². The molecule has 1 aliphatic heterocycles. The van der Waals surface area contributed by atoms with Crippen LogP contribution in [0.15, 0.2) is 24.3 Å². The summed E-state index contributed by atoms with van der Waals surface area (Å²) in [5.41, 5.74) is 0.791. The molecule has 4 heteroatoms. The highest BCUT2D eigenvalue weighted by molar-refractivity contribution is 6.30. The molecule has 3 rings (SSSR count). The van der Waals surface area contributed by atoms with Gasteiger partial charge in [-0.15, -0.1) is 0 Å². The van der Waals surface area contributed by atoms with Gasteiger partial charge in [0.25, 0.3) is 0 Å². The van der Waals surface area contributed by atoms with Crippen molar-refractivity contribution < 1.29 is 4.79 Å². The van der Waals surface area contributed by atoms with Crippen molar-refractivity contribution in [3.63, 3.8) is 0 Å². The Balaban J connectivity index is 1.68. The number of carbonyl (C=O) groups is 1. The highest BCUT2D eigenvalue weighted by Crippen LogP contribution is 2.48. The molecule has 1 aromatic rings. The fraction of sp³-hybridized carbons (Fsp3) is 0.588. The number of benzene rings is 1. The van der Waals surface area contributed by atoms with Crippen LogP contribution in [0.4, 0.5) is 0 Å². The second-order valence-electron chi connectivity index (χ2n) is 6.59. The summed E-state index contributed by atoms with van der Waals surface area (Å²) in [4.78, 5) is 12.7. The predicted molar refractivity (Wildman–Crippen MR) is 85.6 cm³/mol. The topological polar surface area (TPSA) is 41.1 Å². The van der Waals surface area contributed by atoms with Gasteiger partial charge in [-0.05, 0) is 55.8 Å². The minimum Gasteiger partial charge on any atom is -0.351 e. The average molecular weight is 307 g/mol. The number of hydrogen-bond acceptors (Lipinski definition) is 2. The van der Waals surface area contributed by atoms with Crippen molar-refractivity contribution in [2.45, 2.75) is 44.1 Å². The first kappa shape index (κ1) is 14.9. The molecule has 0 spiro atoms. The van der Waals surface area contributed by atoms with Crippen molar-refractivity contribution in [3.8, 4) is 0 Å². The normalized spacial score (nSPS) is 27.7. The summed E-state index contributed by atoms with van der Waals surface area (Å²) in [5.74, 6) is 0.849. The lowest BCUT2D eigenvalue weighted by atomic mass is 9.93. The Hall–Kier alpha value is -1.06. The summed E-state index contributed by atoms with van der Waals surface area (Å²) in [6.07, 6.45) is 4.14. The van der Waals surface area contributed by atoms with Gasteiger partial charge in [0.2, 0.25) is 5.91 Å². The van der Waals surface area contributed by atoms with Gasteiger partial charge in [0.05, 0.1) is 5.41 Å². The van der Waals surface area contributed by atoms with Crippen LogP contribution in [0, 0.1) is 5.92 Å². The second-order valence-corrected chi connectivity index (χ2v) is 7.03. The Labute approximate surface area is 131 Å². The number of nitrogens with one attached hydrogen (secondary N) is 2. The molecule has 114 valence electrons. The monoisotopic (exact) mass is 306 g/mol. The van der Waals surface area contributed by atoms with Gasteiger partial charge < -0.3 is 10.6 Å². The Morgan fingerprint density at radius 2 is 2.05 bits per heavy atom. The average Bonchev–Trinajstić information content (AvgIpc) is 3.26. The molecule has 21 heavy (non-hydrogen) atoms. The molecule has 2 atom stereocenters. The highest BCUT2D eigenvalue weighted by atomic mass is 35.5. The van der Waals surface area contributed by atoms with Crippen LogP contribution in [0.5, 0.6) is 0 Å². The van der Waals surface area contributed by atoms with E-state index in [0.717, 1.165) is 42.9 Å². The molecule has 1 aliphatic carbocycles. The third-order valence-corrected chi connectivity index (χ3v) is 5.06. The van der Waals surface area contributed by atoms with Gasteiger partial charge in [-0.2, -0.15) is 0 Å². The molecule has 0 aromatic heterocycles. The van der Waals surface area contributed by atoms with Crippen LogP contribution in [0.3, 0.4) is 0 Å². The van der Waals surface area contributed by atoms with E-state index in [-0.39, 0.29) is 17.4 Å². The van der Waals surface area contributed by atoms with Crippen LogP contribution in [0.2, 0.25) is 5.02 Å². The predicted octanol–water partition coefficient (Wildman–Crippen LogP) is 2.88. The summed E-state index contributed by atoms with van der Waals surface area (Å²) in [7, 11) is 0. The summed E-state index contributed by atoms with van der Waals surface area (Å²) < 4.78 is 0. The molecule has 2 unspecified atom stereocenters. The van der Waals surface area contributed by atoms with Crippen LogP contribution in [-0.4, -0.2) is 25.0 Å². The quantitative estimate of drug-likeness (QED) is 0.901. The van der Waals surface area contributed by atoms with Gasteiger partial charge in [0, 0.05) is 17.6 Å². The first-order valence-corrected chi connectivity index (χ1v) is 8.26. The van der Waals surface area contributed by atoms with E-state index < -0.39 is 0 Å². The smallest absolute Gasteiger partial charge is 0.230 e. The molecule has 1 heterocycles. The van der Waals surface area contributed by atoms with E-state index in [1.54, 1.807) is 0 Å². The van der Waals surface area contributed by atoms with Crippen LogP contribution in [-0.2, 0) is 10.2 Å². The largest absolute Gasteiger partial charge is 0.351 e. The minimum absolute atomic E-state index is 0.186. The second kappa shape index (κ2) is 5.98. The van der Waals surface area contributed by atoms with E-state index in [1.165, 1.54) is 6.42 Å². The van der Waals surface area contributed by atoms with Gasteiger partial charge in [0.1, 0.15) is 0 Å². The van der Waals surface area contributed by atoms with E-state index in [4.69, 9.17) is 11.6 Å². The fourth-order valence-electron chi connectivity index (χ4n) is 3.29. The van der Waals surface area contributed by atoms with Crippen LogP contribution in [0.25, 0.3) is 0 Å². The molecule has 2 fully saturated rings. The first-order valence-electron chi connectivity index (χ1n) is 7.88. The SMILES string of the molecule is CC1CCNCC(NC(=O)C2(c3ccc(Cl)cc3)CC2)C1. The van der Waals surface area contributed by atoms with Crippen molar-refractivity contribution >= 4 is 17.5 Å². The Morgan fingerprint density at radius 1 is 1.33 bits per heavy atom. The minimum atomic E-state index is -0.305. The maximum absolute atomic E-state index is 12.7. The van der Waals surface area contributed by atoms with Gasteiger partial charge in [0.15, 0.2) is 0 Å². The van der Waals surface area contributed by atoms with Gasteiger partial charge in [-0.3, -0.25) is 4.79 Å². The molecule has 1 saturated heterocycles. The number of carbonyl (C=O) groups excluding carboxylic acids is 1. The molecule has 2 aliphatic rings. The maximum atomic E-state index is 12.7. The molecule has 0 radical (unpaired) electrons. The van der Waals surface area contributed by atoms with E-state index in [0.29, 0.717) is 5.92 Å². The highest BCUT2D eigenvalue weighted by Gasteiger charge is 2.51. The lowest BCUT2D eigenvalue weighted by Crippen LogP contribution is -2.45. The molecule has 3 nitrogen and oxygen atoms in total. The molecular weight excluding hydrogens is 284 g/mol. The first-order chi connectivity index (χ1) is 10.1. The molecule has 1 saturated carbocycles. The van der Waals surface area contributed by atoms with E-state index in [1.807, 2.05) is 24.3 Å². The van der Waals surface area contributed by atoms with Crippen molar-refractivity contribution in [2.75, 3.05) is 13.1 Å². The summed E-state index contributed by atoms with van der Waals surface area (Å²) >= 11 is 5.94. The number of rotatable bonds is 3. The molecule has 1 aromatic carbocycles. The van der Waals surface area contributed by atoms with Crippen LogP contribution in [0.1, 0.15) is 38.2 Å². The Morgan fingerprint density at radius 3 is 2.71 bits per heavy atom. The number of halogens is 1. The van der Waals surface area contributed by atoms with Crippen molar-refractivity contribution in [1.82, 2.24) is 10.6 Å². The standard InChI is InChI=1S/C17H23ClN2O/c1-12-6-9-19-11-15(10-12)20-16(21)17(7-8-17)13-2-4-14(18)5-3-13/h2-5,12,15,19H,6-11H2,1H3,(H,20,21). The van der Waals surface area contributed by atoms with Crippen molar-refractivity contribution in [3.05, 3.63) is 34.9 Å². The summed E-state index contributed by atoms with van der Waals surface area (Å²) in [6, 6.07) is 7.98. The van der Waals surface area contributed by atoms with E-state index >= 15 is 0 Å². The molecular formula is C17H23ClN2O. The Kier molecular flexibility index (Phi) is 4.23. The zero-order valence-electron chi connectivity index (χ0n) is 12.5. The van der Waals surface area contributed by atoms with Gasteiger partial charge in [-0.25, -0.2) is 0 Å². The van der Waals surface area contributed by atoms with E-state index in [2.05, 4.69) is 17.6 Å². The lowest BCUT2D eigenvalue weighted by Gasteiger charge is -2.23. The lowest BCUT2D eigenvalue weighted by molar-refractivity contribution is -0.124. The summed E-state index contributed by atoms with van der Waals surface area (Å²) in [6.45, 7) is 4.20. The van der Waals surface area contributed by atoms with Crippen LogP contribution < -0.4 is 10.6 Å². The van der Waals surface area contributed by atoms with E-state index in [9.17, 15) is 4.79 Å². The Bertz CT molecular complexity index is 510. The number of amides is 1. The maximum Gasteiger partial charge on any atom is 0.230 e. The van der Waals surface area contributed by atoms with Crippen molar-refractivity contribution in [2.24, 2.45) is 5.92 Å². The number of hydrogen-bond donors (Lipinski definition) is 2. The van der Waals surface area contributed by atoms with Crippen LogP contribution >= 0.6 is 11.6 Å². The fourth-order valence-corrected chi connectivity index (χ4v) is 3.41. The third-order valence-electron chi connectivity index (χ3n) is 4.81. The molecule has 1 amide bonds.